The number of ether oxygens (including phenoxy) is 1. The maximum Gasteiger partial charge on any atom is 0.310 e. The lowest BCUT2D eigenvalue weighted by molar-refractivity contribution is -0.384. The molecule has 0 saturated carbocycles. The molecule has 3 rings (SSSR count). The number of nitrogens with one attached hydrogen (secondary N) is 1. The van der Waals surface area contributed by atoms with Crippen LogP contribution in [0.2, 0.25) is 0 Å². The van der Waals surface area contributed by atoms with Crippen LogP contribution in [0.25, 0.3) is 10.9 Å². The summed E-state index contributed by atoms with van der Waals surface area (Å²) in [7, 11) is 0. The number of benzene rings is 1. The lowest BCUT2D eigenvalue weighted by Gasteiger charge is -2.32. The number of aromatic amines is 1. The summed E-state index contributed by atoms with van der Waals surface area (Å²) in [6, 6.07) is 2.78. The molecule has 0 amide bonds. The van der Waals surface area contributed by atoms with Gasteiger partial charge in [-0.1, -0.05) is 0 Å². The van der Waals surface area contributed by atoms with Gasteiger partial charge in [-0.3, -0.25) is 19.7 Å². The van der Waals surface area contributed by atoms with E-state index in [1.165, 1.54) is 18.5 Å². The van der Waals surface area contributed by atoms with E-state index < -0.39 is 10.5 Å². The number of nitrogens with zero attached hydrogens (tertiary/aromatic N) is 3. The second-order valence-electron chi connectivity index (χ2n) is 5.88. The molecule has 25 heavy (non-hydrogen) atoms. The van der Waals surface area contributed by atoms with Crippen molar-refractivity contribution < 1.29 is 14.5 Å². The Morgan fingerprint density at radius 1 is 1.52 bits per heavy atom. The van der Waals surface area contributed by atoms with Crippen LogP contribution >= 0.6 is 0 Å². The molecule has 9 heteroatoms. The molecule has 2 aromatic rings. The highest BCUT2D eigenvalue weighted by atomic mass is 16.6. The van der Waals surface area contributed by atoms with E-state index in [4.69, 9.17) is 4.74 Å². The zero-order valence-corrected chi connectivity index (χ0v) is 13.7. The van der Waals surface area contributed by atoms with Gasteiger partial charge in [0.05, 0.1) is 34.7 Å². The zero-order chi connectivity index (χ0) is 18.0. The largest absolute Gasteiger partial charge is 0.466 e. The minimum Gasteiger partial charge on any atom is -0.466 e. The van der Waals surface area contributed by atoms with Gasteiger partial charge in [0.25, 0.3) is 11.2 Å². The second kappa shape index (κ2) is 6.88. The van der Waals surface area contributed by atoms with Crippen molar-refractivity contribution in [3.05, 3.63) is 38.9 Å². The Morgan fingerprint density at radius 3 is 3.04 bits per heavy atom. The van der Waals surface area contributed by atoms with E-state index in [1.807, 2.05) is 0 Å². The van der Waals surface area contributed by atoms with E-state index in [0.717, 1.165) is 6.42 Å². The van der Waals surface area contributed by atoms with E-state index in [0.29, 0.717) is 37.3 Å². The molecule has 1 aromatic carbocycles. The average Bonchev–Trinajstić information content (AvgIpc) is 2.61. The molecule has 1 N–H and O–H groups in total. The third-order valence-electron chi connectivity index (χ3n) is 4.32. The van der Waals surface area contributed by atoms with Gasteiger partial charge in [-0.05, 0) is 25.8 Å². The summed E-state index contributed by atoms with van der Waals surface area (Å²) < 4.78 is 5.07. The number of fused-ring (bicyclic) bond motifs is 1. The van der Waals surface area contributed by atoms with Crippen LogP contribution in [-0.4, -0.2) is 40.6 Å². The molecule has 132 valence electrons. The molecule has 0 aliphatic carbocycles. The summed E-state index contributed by atoms with van der Waals surface area (Å²) in [6.07, 6.45) is 2.67. The highest BCUT2D eigenvalue weighted by molar-refractivity contribution is 5.87. The predicted octanol–water partition coefficient (Wildman–Crippen LogP) is 1.61. The monoisotopic (exact) mass is 346 g/mol. The van der Waals surface area contributed by atoms with Crippen molar-refractivity contribution in [3.8, 4) is 0 Å². The molecule has 2 heterocycles. The fraction of sp³-hybridized carbons (Fsp3) is 0.438. The Labute approximate surface area is 142 Å². The molecule has 0 bridgehead atoms. The van der Waals surface area contributed by atoms with Gasteiger partial charge in [0.15, 0.2) is 0 Å². The minimum atomic E-state index is -0.519. The summed E-state index contributed by atoms with van der Waals surface area (Å²) in [5, 5.41) is 11.7. The number of nitro groups is 1. The third kappa shape index (κ3) is 3.30. The van der Waals surface area contributed by atoms with Gasteiger partial charge >= 0.3 is 5.97 Å². The lowest BCUT2D eigenvalue weighted by Crippen LogP contribution is -2.39. The fourth-order valence-corrected chi connectivity index (χ4v) is 3.14. The molecule has 1 atom stereocenters. The molecule has 1 aliphatic rings. The second-order valence-corrected chi connectivity index (χ2v) is 5.88. The third-order valence-corrected chi connectivity index (χ3v) is 4.32. The number of hydrogen-bond acceptors (Lipinski definition) is 7. The average molecular weight is 346 g/mol. The highest BCUT2D eigenvalue weighted by Gasteiger charge is 2.30. The van der Waals surface area contributed by atoms with E-state index in [1.54, 1.807) is 11.8 Å². The van der Waals surface area contributed by atoms with Gasteiger partial charge in [-0.2, -0.15) is 0 Å². The van der Waals surface area contributed by atoms with Crippen molar-refractivity contribution >= 4 is 28.2 Å². The number of H-pyrrole nitrogens is 1. The zero-order valence-electron chi connectivity index (χ0n) is 13.7. The molecule has 1 fully saturated rings. The first-order valence-corrected chi connectivity index (χ1v) is 8.08. The number of nitro benzene ring substituents is 1. The number of hydrogen-bond donors (Lipinski definition) is 1. The van der Waals surface area contributed by atoms with Crippen LogP contribution in [0.1, 0.15) is 19.8 Å². The molecule has 0 spiro atoms. The van der Waals surface area contributed by atoms with Crippen LogP contribution in [0.3, 0.4) is 0 Å². The number of carbonyl (C=O) groups excluding carboxylic acids is 1. The SMILES string of the molecule is CCOC(=O)[C@H]1CCCN(c2cc3nc[nH]c(=O)c3cc2[N+](=O)[O-])C1. The number of esters is 1. The van der Waals surface area contributed by atoms with Crippen molar-refractivity contribution in [2.75, 3.05) is 24.6 Å². The van der Waals surface area contributed by atoms with Gasteiger partial charge in [0, 0.05) is 19.2 Å². The molecular weight excluding hydrogens is 328 g/mol. The van der Waals surface area contributed by atoms with Gasteiger partial charge in [-0.15, -0.1) is 0 Å². The maximum atomic E-state index is 12.0. The van der Waals surface area contributed by atoms with Crippen LogP contribution in [0.4, 0.5) is 11.4 Å². The standard InChI is InChI=1S/C16H18N4O5/c1-2-25-16(22)10-4-3-5-19(8-10)13-7-12-11(6-14(13)20(23)24)15(21)18-9-17-12/h6-7,9-10H,2-5,8H2,1H3,(H,17,18,21)/t10-/m0/s1. The molecular formula is C16H18N4O5. The fourth-order valence-electron chi connectivity index (χ4n) is 3.14. The van der Waals surface area contributed by atoms with E-state index >= 15 is 0 Å². The molecule has 9 nitrogen and oxygen atoms in total. The van der Waals surface area contributed by atoms with Gasteiger partial charge in [-0.25, -0.2) is 4.98 Å². The van der Waals surface area contributed by atoms with E-state index in [2.05, 4.69) is 9.97 Å². The van der Waals surface area contributed by atoms with Crippen molar-refractivity contribution in [2.24, 2.45) is 5.92 Å². The summed E-state index contributed by atoms with van der Waals surface area (Å²) in [5.74, 6) is -0.610. The van der Waals surface area contributed by atoms with Crippen molar-refractivity contribution in [3.63, 3.8) is 0 Å². The topological polar surface area (TPSA) is 118 Å². The first kappa shape index (κ1) is 16.9. The van der Waals surface area contributed by atoms with E-state index in [9.17, 15) is 19.7 Å². The maximum absolute atomic E-state index is 12.0. The summed E-state index contributed by atoms with van der Waals surface area (Å²) in [6.45, 7) is 2.98. The van der Waals surface area contributed by atoms with Crippen molar-refractivity contribution in [1.82, 2.24) is 9.97 Å². The van der Waals surface area contributed by atoms with Crippen LogP contribution in [0.5, 0.6) is 0 Å². The Hall–Kier alpha value is -2.97. The Kier molecular flexibility index (Phi) is 4.64. The van der Waals surface area contributed by atoms with Crippen molar-refractivity contribution in [2.45, 2.75) is 19.8 Å². The molecule has 0 radical (unpaired) electrons. The summed E-state index contributed by atoms with van der Waals surface area (Å²) in [5.41, 5.74) is 0.144. The highest BCUT2D eigenvalue weighted by Crippen LogP contribution is 2.34. The Bertz CT molecular complexity index is 878. The number of carbonyl (C=O) groups is 1. The molecule has 0 unspecified atom stereocenters. The smallest absolute Gasteiger partial charge is 0.310 e. The first-order chi connectivity index (χ1) is 12.0. The van der Waals surface area contributed by atoms with Gasteiger partial charge in [0.1, 0.15) is 5.69 Å². The molecule has 1 aromatic heterocycles. The molecule has 1 saturated heterocycles. The van der Waals surface area contributed by atoms with Crippen LogP contribution < -0.4 is 10.5 Å². The van der Waals surface area contributed by atoms with Crippen LogP contribution in [-0.2, 0) is 9.53 Å². The quantitative estimate of drug-likeness (QED) is 0.507. The normalized spacial score (nSPS) is 17.5. The number of anilines is 1. The van der Waals surface area contributed by atoms with Gasteiger partial charge < -0.3 is 14.6 Å². The van der Waals surface area contributed by atoms with Crippen molar-refractivity contribution in [1.29, 1.82) is 0 Å². The van der Waals surface area contributed by atoms with E-state index in [-0.39, 0.29) is 23.0 Å². The summed E-state index contributed by atoms with van der Waals surface area (Å²) in [4.78, 5) is 43.1. The van der Waals surface area contributed by atoms with Crippen LogP contribution in [0, 0.1) is 16.0 Å². The Morgan fingerprint density at radius 2 is 2.32 bits per heavy atom. The van der Waals surface area contributed by atoms with Crippen LogP contribution in [0.15, 0.2) is 23.3 Å². The van der Waals surface area contributed by atoms with Gasteiger partial charge in [0.2, 0.25) is 0 Å². The Balaban J connectivity index is 2.02. The number of aromatic nitrogens is 2. The number of rotatable bonds is 4. The number of piperidine rings is 1. The lowest BCUT2D eigenvalue weighted by atomic mass is 9.97. The first-order valence-electron chi connectivity index (χ1n) is 8.08. The molecule has 1 aliphatic heterocycles. The predicted molar refractivity (Wildman–Crippen MR) is 90.6 cm³/mol. The summed E-state index contributed by atoms with van der Waals surface area (Å²) >= 11 is 0. The minimum absolute atomic E-state index is 0.164.